The quantitative estimate of drug-likeness (QED) is 0.851. The zero-order valence-electron chi connectivity index (χ0n) is 14.8. The number of nitriles is 1. The Morgan fingerprint density at radius 2 is 1.96 bits per heavy atom. The molecule has 3 unspecified atom stereocenters. The van der Waals surface area contributed by atoms with Crippen LogP contribution in [0.5, 0.6) is 5.75 Å². The molecule has 0 radical (unpaired) electrons. The summed E-state index contributed by atoms with van der Waals surface area (Å²) in [5.41, 5.74) is 0. The molecule has 0 bridgehead atoms. The van der Waals surface area contributed by atoms with Crippen molar-refractivity contribution in [2.75, 3.05) is 26.2 Å². The van der Waals surface area contributed by atoms with Crippen LogP contribution in [0.25, 0.3) is 0 Å². The summed E-state index contributed by atoms with van der Waals surface area (Å²) < 4.78 is 5.36. The van der Waals surface area contributed by atoms with Gasteiger partial charge in [0.05, 0.1) is 12.6 Å². The van der Waals surface area contributed by atoms with Crippen LogP contribution in [-0.2, 0) is 4.79 Å². The predicted octanol–water partition coefficient (Wildman–Crippen LogP) is 1.87. The third-order valence-electron chi connectivity index (χ3n) is 5.68. The average Bonchev–Trinajstić information content (AvgIpc) is 3.06. The fourth-order valence-corrected chi connectivity index (χ4v) is 4.28. The number of fused-ring (bicyclic) bond motifs is 1. The molecule has 2 amide bonds. The van der Waals surface area contributed by atoms with E-state index in [4.69, 9.17) is 21.6 Å². The van der Waals surface area contributed by atoms with Gasteiger partial charge >= 0.3 is 6.09 Å². The van der Waals surface area contributed by atoms with E-state index >= 15 is 0 Å². The fourth-order valence-electron chi connectivity index (χ4n) is 4.15. The van der Waals surface area contributed by atoms with Gasteiger partial charge in [-0.05, 0) is 48.9 Å². The van der Waals surface area contributed by atoms with Crippen LogP contribution in [0.3, 0.4) is 0 Å². The summed E-state index contributed by atoms with van der Waals surface area (Å²) in [4.78, 5) is 27.9. The van der Waals surface area contributed by atoms with Gasteiger partial charge in [0.1, 0.15) is 11.8 Å². The smallest absolute Gasteiger partial charge is 0.410 e. The van der Waals surface area contributed by atoms with E-state index in [1.807, 2.05) is 0 Å². The number of piperidine rings is 1. The zero-order valence-corrected chi connectivity index (χ0v) is 15.6. The Morgan fingerprint density at radius 3 is 2.63 bits per heavy atom. The molecule has 3 aliphatic rings. The lowest BCUT2D eigenvalue weighted by atomic mass is 10.2. The highest BCUT2D eigenvalue weighted by Crippen LogP contribution is 2.45. The topological polar surface area (TPSA) is 85.7 Å². The van der Waals surface area contributed by atoms with Crippen LogP contribution in [-0.4, -0.2) is 60.1 Å². The van der Waals surface area contributed by atoms with Crippen molar-refractivity contribution in [1.29, 1.82) is 5.26 Å². The Morgan fingerprint density at radius 1 is 1.26 bits per heavy atom. The van der Waals surface area contributed by atoms with E-state index in [0.29, 0.717) is 42.2 Å². The monoisotopic (exact) mass is 388 g/mol. The number of likely N-dealkylation sites (tertiary alicyclic amines) is 2. The molecule has 8 heteroatoms. The first-order chi connectivity index (χ1) is 13.1. The highest BCUT2D eigenvalue weighted by atomic mass is 35.5. The van der Waals surface area contributed by atoms with E-state index in [0.717, 1.165) is 12.8 Å². The van der Waals surface area contributed by atoms with E-state index in [1.54, 1.807) is 34.1 Å². The Balaban J connectivity index is 1.21. The number of carbonyl (C=O) groups excluding carboxylic acids is 2. The third-order valence-corrected chi connectivity index (χ3v) is 5.93. The SMILES string of the molecule is N#CC1CCCN1C(=O)CNC1C2CN(C(=O)Oc3ccc(Cl)cc3)CC21. The first-order valence-electron chi connectivity index (χ1n) is 9.21. The van der Waals surface area contributed by atoms with Gasteiger partial charge in [0.2, 0.25) is 5.91 Å². The van der Waals surface area contributed by atoms with Crippen molar-refractivity contribution in [3.8, 4) is 11.8 Å². The first kappa shape index (κ1) is 18.1. The Kier molecular flexibility index (Phi) is 4.94. The third kappa shape index (κ3) is 3.73. The van der Waals surface area contributed by atoms with Crippen LogP contribution < -0.4 is 10.1 Å². The van der Waals surface area contributed by atoms with Crippen LogP contribution in [0.1, 0.15) is 12.8 Å². The van der Waals surface area contributed by atoms with Crippen molar-refractivity contribution in [2.24, 2.45) is 11.8 Å². The maximum Gasteiger partial charge on any atom is 0.415 e. The van der Waals surface area contributed by atoms with Gasteiger partial charge in [-0.25, -0.2) is 4.79 Å². The minimum atomic E-state index is -0.353. The number of nitrogens with one attached hydrogen (secondary N) is 1. The number of amides is 2. The fraction of sp³-hybridized carbons (Fsp3) is 0.526. The number of ether oxygens (including phenoxy) is 1. The molecule has 0 aromatic heterocycles. The molecular formula is C19H21ClN4O3. The number of carbonyl (C=O) groups is 2. The van der Waals surface area contributed by atoms with E-state index in [-0.39, 0.29) is 30.6 Å². The van der Waals surface area contributed by atoms with Crippen LogP contribution >= 0.6 is 11.6 Å². The molecule has 3 fully saturated rings. The van der Waals surface area contributed by atoms with Gasteiger partial charge in [-0.15, -0.1) is 0 Å². The van der Waals surface area contributed by atoms with Gasteiger partial charge in [-0.2, -0.15) is 5.26 Å². The molecule has 142 valence electrons. The Labute approximate surface area is 162 Å². The summed E-state index contributed by atoms with van der Waals surface area (Å²) >= 11 is 5.83. The van der Waals surface area contributed by atoms with Crippen LogP contribution in [0.2, 0.25) is 5.02 Å². The molecule has 7 nitrogen and oxygen atoms in total. The van der Waals surface area contributed by atoms with E-state index in [2.05, 4.69) is 11.4 Å². The molecule has 2 aliphatic heterocycles. The lowest BCUT2D eigenvalue weighted by Crippen LogP contribution is -2.43. The van der Waals surface area contributed by atoms with Gasteiger partial charge in [-0.3, -0.25) is 4.79 Å². The standard InChI is InChI=1S/C19H21ClN4O3/c20-12-3-5-14(6-4-12)27-19(26)23-10-15-16(11-23)18(15)22-9-17(25)24-7-1-2-13(24)8-21/h3-6,13,15-16,18,22H,1-2,7,9-11H2. The van der Waals surface area contributed by atoms with Crippen molar-refractivity contribution in [2.45, 2.75) is 24.9 Å². The van der Waals surface area contributed by atoms with Gasteiger partial charge in [0.25, 0.3) is 0 Å². The molecule has 1 saturated carbocycles. The van der Waals surface area contributed by atoms with Gasteiger partial charge in [0, 0.05) is 30.7 Å². The van der Waals surface area contributed by atoms with E-state index in [9.17, 15) is 9.59 Å². The number of hydrogen-bond donors (Lipinski definition) is 1. The molecule has 0 spiro atoms. The number of nitrogens with zero attached hydrogens (tertiary/aromatic N) is 3. The molecule has 1 aliphatic carbocycles. The second kappa shape index (κ2) is 7.37. The van der Waals surface area contributed by atoms with E-state index < -0.39 is 0 Å². The van der Waals surface area contributed by atoms with Gasteiger partial charge in [-0.1, -0.05) is 11.6 Å². The molecule has 2 heterocycles. The molecule has 4 rings (SSSR count). The summed E-state index contributed by atoms with van der Waals surface area (Å²) in [5.74, 6) is 1.19. The van der Waals surface area contributed by atoms with Crippen LogP contribution in [0.4, 0.5) is 4.79 Å². The molecular weight excluding hydrogens is 368 g/mol. The number of rotatable bonds is 4. The molecule has 1 aromatic rings. The average molecular weight is 389 g/mol. The van der Waals surface area contributed by atoms with Crippen LogP contribution in [0.15, 0.2) is 24.3 Å². The lowest BCUT2D eigenvalue weighted by molar-refractivity contribution is -0.130. The van der Waals surface area contributed by atoms with Crippen molar-refractivity contribution < 1.29 is 14.3 Å². The Hall–Kier alpha value is -2.30. The van der Waals surface area contributed by atoms with Crippen molar-refractivity contribution in [1.82, 2.24) is 15.1 Å². The number of halogens is 1. The zero-order chi connectivity index (χ0) is 19.0. The normalized spacial score (nSPS) is 28.6. The molecule has 27 heavy (non-hydrogen) atoms. The minimum absolute atomic E-state index is 0.0111. The molecule has 2 saturated heterocycles. The summed E-state index contributed by atoms with van der Waals surface area (Å²) in [6, 6.07) is 8.86. The summed E-state index contributed by atoms with van der Waals surface area (Å²) in [6.45, 7) is 2.19. The van der Waals surface area contributed by atoms with E-state index in [1.165, 1.54) is 0 Å². The molecule has 1 N–H and O–H groups in total. The summed E-state index contributed by atoms with van der Waals surface area (Å²) in [6.07, 6.45) is 1.30. The summed E-state index contributed by atoms with van der Waals surface area (Å²) in [5, 5.41) is 13.0. The lowest BCUT2D eigenvalue weighted by Gasteiger charge is -2.21. The minimum Gasteiger partial charge on any atom is -0.410 e. The number of benzene rings is 1. The highest BCUT2D eigenvalue weighted by molar-refractivity contribution is 6.30. The van der Waals surface area contributed by atoms with Gasteiger partial charge in [0.15, 0.2) is 0 Å². The molecule has 1 aromatic carbocycles. The van der Waals surface area contributed by atoms with Crippen LogP contribution in [0, 0.1) is 23.2 Å². The summed E-state index contributed by atoms with van der Waals surface area (Å²) in [7, 11) is 0. The first-order valence-corrected chi connectivity index (χ1v) is 9.59. The van der Waals surface area contributed by atoms with Crippen molar-refractivity contribution in [3.05, 3.63) is 29.3 Å². The number of hydrogen-bond acceptors (Lipinski definition) is 5. The maximum absolute atomic E-state index is 12.3. The largest absolute Gasteiger partial charge is 0.415 e. The van der Waals surface area contributed by atoms with Crippen molar-refractivity contribution in [3.63, 3.8) is 0 Å². The molecule has 3 atom stereocenters. The van der Waals surface area contributed by atoms with Crippen molar-refractivity contribution >= 4 is 23.6 Å². The predicted molar refractivity (Wildman–Crippen MR) is 98.2 cm³/mol. The Bertz CT molecular complexity index is 766. The maximum atomic E-state index is 12.3. The second-order valence-corrected chi connectivity index (χ2v) is 7.77. The van der Waals surface area contributed by atoms with Gasteiger partial charge < -0.3 is 19.9 Å². The second-order valence-electron chi connectivity index (χ2n) is 7.34. The highest BCUT2D eigenvalue weighted by Gasteiger charge is 2.57.